The van der Waals surface area contributed by atoms with Gasteiger partial charge in [0, 0.05) is 5.92 Å². The zero-order chi connectivity index (χ0) is 13.7. The maximum Gasteiger partial charge on any atom is 0.123 e. The summed E-state index contributed by atoms with van der Waals surface area (Å²) >= 11 is 0. The first-order chi connectivity index (χ1) is 9.24. The Morgan fingerprint density at radius 1 is 0.947 bits per heavy atom. The fourth-order valence-corrected chi connectivity index (χ4v) is 4.61. The van der Waals surface area contributed by atoms with E-state index in [0.29, 0.717) is 11.8 Å². The van der Waals surface area contributed by atoms with E-state index >= 15 is 0 Å². The average Bonchev–Trinajstić information content (AvgIpc) is 2.48. The number of carbonyl (C=O) groups excluding carboxylic acids is 1. The molecule has 0 bridgehead atoms. The molecule has 0 spiro atoms. The lowest BCUT2D eigenvalue weighted by Gasteiger charge is -2.38. The van der Waals surface area contributed by atoms with Crippen LogP contribution in [0.1, 0.15) is 78.1 Å². The van der Waals surface area contributed by atoms with Gasteiger partial charge in [0.25, 0.3) is 0 Å². The summed E-state index contributed by atoms with van der Waals surface area (Å²) < 4.78 is 0. The molecular formula is C18H32O. The minimum absolute atomic E-state index is 0.293. The van der Waals surface area contributed by atoms with Gasteiger partial charge in [-0.3, -0.25) is 0 Å². The van der Waals surface area contributed by atoms with Crippen LogP contribution >= 0.6 is 0 Å². The highest BCUT2D eigenvalue weighted by Gasteiger charge is 2.31. The fraction of sp³-hybridized carbons (Fsp3) is 0.944. The topological polar surface area (TPSA) is 17.1 Å². The van der Waals surface area contributed by atoms with Gasteiger partial charge in [0.05, 0.1) is 0 Å². The van der Waals surface area contributed by atoms with E-state index in [1.807, 2.05) is 0 Å². The van der Waals surface area contributed by atoms with E-state index in [0.717, 1.165) is 17.8 Å². The maximum atomic E-state index is 10.9. The van der Waals surface area contributed by atoms with Gasteiger partial charge in [-0.1, -0.05) is 39.5 Å². The van der Waals surface area contributed by atoms with Crippen LogP contribution in [0.2, 0.25) is 0 Å². The molecule has 19 heavy (non-hydrogen) atoms. The Balaban J connectivity index is 1.72. The van der Waals surface area contributed by atoms with Crippen LogP contribution in [-0.2, 0) is 4.79 Å². The van der Waals surface area contributed by atoms with E-state index in [9.17, 15) is 4.79 Å². The van der Waals surface area contributed by atoms with Crippen LogP contribution in [0.4, 0.5) is 0 Å². The van der Waals surface area contributed by atoms with Gasteiger partial charge in [0.15, 0.2) is 0 Å². The molecule has 2 saturated carbocycles. The van der Waals surface area contributed by atoms with Crippen LogP contribution in [0.5, 0.6) is 0 Å². The summed E-state index contributed by atoms with van der Waals surface area (Å²) in [5.41, 5.74) is 0. The minimum Gasteiger partial charge on any atom is -0.303 e. The third-order valence-electron chi connectivity index (χ3n) is 6.03. The molecule has 2 rings (SSSR count). The van der Waals surface area contributed by atoms with Crippen LogP contribution < -0.4 is 0 Å². The van der Waals surface area contributed by atoms with Gasteiger partial charge in [-0.15, -0.1) is 0 Å². The molecule has 2 aliphatic rings. The van der Waals surface area contributed by atoms with Crippen molar-refractivity contribution in [2.75, 3.05) is 0 Å². The van der Waals surface area contributed by atoms with E-state index in [2.05, 4.69) is 13.8 Å². The van der Waals surface area contributed by atoms with Crippen LogP contribution in [-0.4, -0.2) is 6.29 Å². The highest BCUT2D eigenvalue weighted by atomic mass is 16.1. The average molecular weight is 264 g/mol. The highest BCUT2D eigenvalue weighted by Crippen LogP contribution is 2.43. The monoisotopic (exact) mass is 264 g/mol. The van der Waals surface area contributed by atoms with Gasteiger partial charge >= 0.3 is 0 Å². The molecule has 0 radical (unpaired) electrons. The van der Waals surface area contributed by atoms with Crippen molar-refractivity contribution in [2.45, 2.75) is 78.1 Å². The Kier molecular flexibility index (Phi) is 5.91. The van der Waals surface area contributed by atoms with E-state index < -0.39 is 0 Å². The van der Waals surface area contributed by atoms with Crippen molar-refractivity contribution in [3.63, 3.8) is 0 Å². The lowest BCUT2D eigenvalue weighted by atomic mass is 9.67. The Bertz CT molecular complexity index is 257. The second kappa shape index (κ2) is 7.45. The summed E-state index contributed by atoms with van der Waals surface area (Å²) in [5.74, 6) is 4.01. The lowest BCUT2D eigenvalue weighted by molar-refractivity contribution is -0.112. The summed E-state index contributed by atoms with van der Waals surface area (Å²) in [4.78, 5) is 10.9. The van der Waals surface area contributed by atoms with Gasteiger partial charge in [-0.2, -0.15) is 0 Å². The molecular weight excluding hydrogens is 232 g/mol. The van der Waals surface area contributed by atoms with E-state index in [4.69, 9.17) is 0 Å². The molecule has 0 N–H and O–H groups in total. The summed E-state index contributed by atoms with van der Waals surface area (Å²) in [7, 11) is 0. The molecule has 1 unspecified atom stereocenters. The molecule has 0 aromatic carbocycles. The SMILES string of the molecule is CCC[C@H]1CC[C@H]([C@H]2CC[C@H](C(C)C=O)CC2)CC1. The van der Waals surface area contributed by atoms with E-state index in [-0.39, 0.29) is 0 Å². The van der Waals surface area contributed by atoms with Gasteiger partial charge in [0.2, 0.25) is 0 Å². The molecule has 0 aliphatic heterocycles. The van der Waals surface area contributed by atoms with Crippen LogP contribution in [0, 0.1) is 29.6 Å². The second-order valence-corrected chi connectivity index (χ2v) is 7.24. The van der Waals surface area contributed by atoms with Gasteiger partial charge in [-0.25, -0.2) is 0 Å². The third-order valence-corrected chi connectivity index (χ3v) is 6.03. The summed E-state index contributed by atoms with van der Waals surface area (Å²) in [6, 6.07) is 0. The van der Waals surface area contributed by atoms with Crippen LogP contribution in [0.15, 0.2) is 0 Å². The molecule has 2 aliphatic carbocycles. The summed E-state index contributed by atoms with van der Waals surface area (Å²) in [6.45, 7) is 4.43. The summed E-state index contributed by atoms with van der Waals surface area (Å²) in [5, 5.41) is 0. The summed E-state index contributed by atoms with van der Waals surface area (Å²) in [6.07, 6.45) is 15.3. The van der Waals surface area contributed by atoms with Crippen molar-refractivity contribution in [3.8, 4) is 0 Å². The molecule has 1 nitrogen and oxygen atoms in total. The number of carbonyl (C=O) groups is 1. The van der Waals surface area contributed by atoms with Gasteiger partial charge in [0.1, 0.15) is 6.29 Å². The predicted octanol–water partition coefficient (Wildman–Crippen LogP) is 5.23. The zero-order valence-electron chi connectivity index (χ0n) is 12.9. The molecule has 2 fully saturated rings. The molecule has 110 valence electrons. The van der Waals surface area contributed by atoms with Crippen LogP contribution in [0.25, 0.3) is 0 Å². The van der Waals surface area contributed by atoms with Gasteiger partial charge < -0.3 is 4.79 Å². The molecule has 1 heteroatoms. The molecule has 1 atom stereocenters. The van der Waals surface area contributed by atoms with Crippen LogP contribution in [0.3, 0.4) is 0 Å². The number of hydrogen-bond donors (Lipinski definition) is 0. The Hall–Kier alpha value is -0.330. The predicted molar refractivity (Wildman–Crippen MR) is 81.0 cm³/mol. The van der Waals surface area contributed by atoms with Crippen molar-refractivity contribution in [3.05, 3.63) is 0 Å². The number of hydrogen-bond acceptors (Lipinski definition) is 1. The second-order valence-electron chi connectivity index (χ2n) is 7.24. The van der Waals surface area contributed by atoms with Crippen molar-refractivity contribution in [1.82, 2.24) is 0 Å². The number of aldehydes is 1. The highest BCUT2D eigenvalue weighted by molar-refractivity contribution is 5.53. The standard InChI is InChI=1S/C18H32O/c1-3-4-15-5-7-17(8-6-15)18-11-9-16(10-12-18)14(2)13-19/h13-18H,3-12H2,1-2H3/t14?,15-,16-,17-,18-. The van der Waals surface area contributed by atoms with E-state index in [1.165, 1.54) is 70.5 Å². The normalized spacial score (nSPS) is 37.8. The zero-order valence-corrected chi connectivity index (χ0v) is 12.9. The first-order valence-corrected chi connectivity index (χ1v) is 8.69. The third kappa shape index (κ3) is 4.07. The molecule has 0 saturated heterocycles. The van der Waals surface area contributed by atoms with Gasteiger partial charge in [-0.05, 0) is 62.2 Å². The first-order valence-electron chi connectivity index (χ1n) is 8.69. The Labute approximate surface area is 119 Å². The quantitative estimate of drug-likeness (QED) is 0.621. The molecule has 0 aromatic heterocycles. The number of rotatable bonds is 5. The van der Waals surface area contributed by atoms with Crippen molar-refractivity contribution in [1.29, 1.82) is 0 Å². The molecule has 0 amide bonds. The Morgan fingerprint density at radius 3 is 1.95 bits per heavy atom. The molecule has 0 aromatic rings. The maximum absolute atomic E-state index is 10.9. The van der Waals surface area contributed by atoms with E-state index in [1.54, 1.807) is 0 Å². The molecule has 0 heterocycles. The van der Waals surface area contributed by atoms with Crippen molar-refractivity contribution < 1.29 is 4.79 Å². The lowest BCUT2D eigenvalue weighted by Crippen LogP contribution is -2.27. The Morgan fingerprint density at radius 2 is 1.47 bits per heavy atom. The fourth-order valence-electron chi connectivity index (χ4n) is 4.61. The smallest absolute Gasteiger partial charge is 0.123 e. The van der Waals surface area contributed by atoms with Crippen molar-refractivity contribution >= 4 is 6.29 Å². The minimum atomic E-state index is 0.293. The largest absolute Gasteiger partial charge is 0.303 e. The first kappa shape index (κ1) is 15.1. The van der Waals surface area contributed by atoms with Crippen molar-refractivity contribution in [2.24, 2.45) is 29.6 Å².